The molecule has 1 unspecified atom stereocenters. The van der Waals surface area contributed by atoms with E-state index in [4.69, 9.17) is 0 Å². The van der Waals surface area contributed by atoms with Crippen LogP contribution in [0.25, 0.3) is 0 Å². The van der Waals surface area contributed by atoms with Gasteiger partial charge in [0.1, 0.15) is 0 Å². The van der Waals surface area contributed by atoms with Crippen LogP contribution in [0.2, 0.25) is 0 Å². The van der Waals surface area contributed by atoms with E-state index < -0.39 is 9.84 Å². The summed E-state index contributed by atoms with van der Waals surface area (Å²) in [7, 11) is -1.36. The number of benzene rings is 3. The van der Waals surface area contributed by atoms with Crippen molar-refractivity contribution >= 4 is 15.7 Å². The Balaban J connectivity index is 1.49. The Morgan fingerprint density at radius 1 is 0.882 bits per heavy atom. The van der Waals surface area contributed by atoms with Gasteiger partial charge in [0.15, 0.2) is 9.84 Å². The molecule has 0 saturated carbocycles. The van der Waals surface area contributed by atoms with E-state index in [2.05, 4.69) is 22.2 Å². The lowest BCUT2D eigenvalue weighted by Crippen LogP contribution is -2.47. The number of hydrogen-bond acceptors (Lipinski definition) is 5. The highest BCUT2D eigenvalue weighted by molar-refractivity contribution is 7.90. The van der Waals surface area contributed by atoms with Gasteiger partial charge >= 0.3 is 0 Å². The first-order chi connectivity index (χ1) is 16.4. The van der Waals surface area contributed by atoms with Crippen molar-refractivity contribution in [3.8, 4) is 0 Å². The van der Waals surface area contributed by atoms with Gasteiger partial charge in [0.25, 0.3) is 5.91 Å². The van der Waals surface area contributed by atoms with Gasteiger partial charge in [-0.3, -0.25) is 9.69 Å². The highest BCUT2D eigenvalue weighted by Gasteiger charge is 2.22. The topological polar surface area (TPSA) is 69.7 Å². The number of carbonyl (C=O) groups is 1. The van der Waals surface area contributed by atoms with Crippen LogP contribution < -0.4 is 5.32 Å². The summed E-state index contributed by atoms with van der Waals surface area (Å²) in [6, 6.07) is 25.1. The smallest absolute Gasteiger partial charge is 0.251 e. The monoisotopic (exact) mass is 477 g/mol. The normalized spacial score (nSPS) is 16.1. The van der Waals surface area contributed by atoms with Crippen LogP contribution in [0.15, 0.2) is 89.8 Å². The molecule has 3 aromatic rings. The quantitative estimate of drug-likeness (QED) is 0.539. The Morgan fingerprint density at radius 2 is 1.53 bits per heavy atom. The molecule has 34 heavy (non-hydrogen) atoms. The Hall–Kier alpha value is -3.00. The summed E-state index contributed by atoms with van der Waals surface area (Å²) >= 11 is 0. The molecule has 1 fully saturated rings. The number of nitrogens with one attached hydrogen (secondary N) is 1. The fourth-order valence-electron chi connectivity index (χ4n) is 4.18. The number of sulfone groups is 1. The highest BCUT2D eigenvalue weighted by atomic mass is 32.2. The molecule has 0 spiro atoms. The summed E-state index contributed by atoms with van der Waals surface area (Å²) in [6.07, 6.45) is 0. The molecule has 0 aromatic heterocycles. The van der Waals surface area contributed by atoms with E-state index in [1.165, 1.54) is 0 Å². The van der Waals surface area contributed by atoms with Gasteiger partial charge in [-0.1, -0.05) is 60.7 Å². The van der Waals surface area contributed by atoms with Crippen molar-refractivity contribution in [1.29, 1.82) is 0 Å². The van der Waals surface area contributed by atoms with Crippen LogP contribution in [0, 0.1) is 0 Å². The van der Waals surface area contributed by atoms with Crippen LogP contribution >= 0.6 is 0 Å². The molecule has 6 nitrogen and oxygen atoms in total. The second-order valence-corrected chi connectivity index (χ2v) is 10.8. The van der Waals surface area contributed by atoms with Crippen molar-refractivity contribution in [2.24, 2.45) is 0 Å². The predicted octanol–water partition coefficient (Wildman–Crippen LogP) is 3.38. The van der Waals surface area contributed by atoms with Gasteiger partial charge in [0.05, 0.1) is 16.7 Å². The number of rotatable bonds is 8. The van der Waals surface area contributed by atoms with E-state index in [-0.39, 0.29) is 22.6 Å². The lowest BCUT2D eigenvalue weighted by molar-refractivity contribution is 0.0907. The maximum atomic E-state index is 13.2. The molecule has 4 rings (SSSR count). The van der Waals surface area contributed by atoms with Crippen molar-refractivity contribution in [3.63, 3.8) is 0 Å². The lowest BCUT2D eigenvalue weighted by atomic mass is 10.0. The zero-order valence-corrected chi connectivity index (χ0v) is 20.2. The Bertz CT molecular complexity index is 1190. The number of piperazine rings is 1. The summed E-state index contributed by atoms with van der Waals surface area (Å²) in [6.45, 7) is 4.66. The standard InChI is InChI=1S/C27H31N3O3S/c1-29-15-17-30(18-16-29)20-26(23-10-4-2-5-11-23)28-27(31)24-12-8-9-22(19-24)21-34(32,33)25-13-6-3-7-14-25/h2-14,19,26H,15-18,20-21H2,1H3,(H,28,31). The van der Waals surface area contributed by atoms with Crippen molar-refractivity contribution < 1.29 is 13.2 Å². The van der Waals surface area contributed by atoms with Gasteiger partial charge in [-0.2, -0.15) is 0 Å². The van der Waals surface area contributed by atoms with Crippen LogP contribution in [-0.2, 0) is 15.6 Å². The minimum Gasteiger partial charge on any atom is -0.344 e. The Labute approximate surface area is 202 Å². The molecule has 178 valence electrons. The molecule has 1 atom stereocenters. The van der Waals surface area contributed by atoms with Crippen LogP contribution in [0.1, 0.15) is 27.5 Å². The van der Waals surface area contributed by atoms with Gasteiger partial charge in [-0.25, -0.2) is 8.42 Å². The molecule has 0 radical (unpaired) electrons. The molecular weight excluding hydrogens is 446 g/mol. The third-order valence-corrected chi connectivity index (χ3v) is 7.90. The number of nitrogens with zero attached hydrogens (tertiary/aromatic N) is 2. The number of hydrogen-bond donors (Lipinski definition) is 1. The van der Waals surface area contributed by atoms with Gasteiger partial charge in [-0.15, -0.1) is 0 Å². The summed E-state index contributed by atoms with van der Waals surface area (Å²) in [5.74, 6) is -0.358. The van der Waals surface area contributed by atoms with Crippen LogP contribution in [0.4, 0.5) is 0 Å². The van der Waals surface area contributed by atoms with E-state index in [1.54, 1.807) is 54.6 Å². The molecule has 1 heterocycles. The second-order valence-electron chi connectivity index (χ2n) is 8.81. The molecule has 1 amide bonds. The molecule has 3 aromatic carbocycles. The Kier molecular flexibility index (Phi) is 7.77. The van der Waals surface area contributed by atoms with E-state index in [0.29, 0.717) is 11.1 Å². The molecule has 0 aliphatic carbocycles. The zero-order valence-electron chi connectivity index (χ0n) is 19.4. The van der Waals surface area contributed by atoms with Gasteiger partial charge in [-0.05, 0) is 42.4 Å². The first-order valence-electron chi connectivity index (χ1n) is 11.5. The van der Waals surface area contributed by atoms with Crippen LogP contribution in [-0.4, -0.2) is 63.9 Å². The summed E-state index contributed by atoms with van der Waals surface area (Å²) in [5.41, 5.74) is 2.10. The molecule has 1 aliphatic heterocycles. The minimum absolute atomic E-state index is 0.151. The van der Waals surface area contributed by atoms with Crippen LogP contribution in [0.5, 0.6) is 0 Å². The first kappa shape index (κ1) is 24.1. The van der Waals surface area contributed by atoms with Gasteiger partial charge in [0, 0.05) is 38.3 Å². The number of carbonyl (C=O) groups excluding carboxylic acids is 1. The molecular formula is C27H31N3O3S. The van der Waals surface area contributed by atoms with Gasteiger partial charge < -0.3 is 10.2 Å². The summed E-state index contributed by atoms with van der Waals surface area (Å²) in [4.78, 5) is 18.2. The highest BCUT2D eigenvalue weighted by Crippen LogP contribution is 2.19. The minimum atomic E-state index is -3.49. The average molecular weight is 478 g/mol. The summed E-state index contributed by atoms with van der Waals surface area (Å²) in [5, 5.41) is 3.19. The molecule has 7 heteroatoms. The fourth-order valence-corrected chi connectivity index (χ4v) is 5.54. The number of likely N-dealkylation sites (N-methyl/N-ethyl adjacent to an activating group) is 1. The SMILES string of the molecule is CN1CCN(CC(NC(=O)c2cccc(CS(=O)(=O)c3ccccc3)c2)c2ccccc2)CC1. The molecule has 1 aliphatic rings. The lowest BCUT2D eigenvalue weighted by Gasteiger charge is -2.35. The van der Waals surface area contributed by atoms with Crippen molar-refractivity contribution in [2.45, 2.75) is 16.7 Å². The van der Waals surface area contributed by atoms with Gasteiger partial charge in [0.2, 0.25) is 0 Å². The number of amides is 1. The van der Waals surface area contributed by atoms with E-state index >= 15 is 0 Å². The average Bonchev–Trinajstić information content (AvgIpc) is 2.86. The van der Waals surface area contributed by atoms with E-state index in [9.17, 15) is 13.2 Å². The van der Waals surface area contributed by atoms with Crippen LogP contribution in [0.3, 0.4) is 0 Å². The Morgan fingerprint density at radius 3 is 2.21 bits per heavy atom. The third kappa shape index (κ3) is 6.32. The van der Waals surface area contributed by atoms with E-state index in [0.717, 1.165) is 38.3 Å². The molecule has 0 bridgehead atoms. The first-order valence-corrected chi connectivity index (χ1v) is 13.2. The molecule has 1 N–H and O–H groups in total. The largest absolute Gasteiger partial charge is 0.344 e. The molecule has 1 saturated heterocycles. The maximum Gasteiger partial charge on any atom is 0.251 e. The van der Waals surface area contributed by atoms with E-state index in [1.807, 2.05) is 30.3 Å². The van der Waals surface area contributed by atoms with Crippen molar-refractivity contribution in [1.82, 2.24) is 15.1 Å². The van der Waals surface area contributed by atoms with Crippen molar-refractivity contribution in [3.05, 3.63) is 102 Å². The predicted molar refractivity (Wildman–Crippen MR) is 134 cm³/mol. The van der Waals surface area contributed by atoms with Crippen molar-refractivity contribution in [2.75, 3.05) is 39.8 Å². The second kappa shape index (κ2) is 11.0. The maximum absolute atomic E-state index is 13.2. The fraction of sp³-hybridized carbons (Fsp3) is 0.296. The zero-order chi connectivity index (χ0) is 24.0. The third-order valence-electron chi connectivity index (χ3n) is 6.19. The summed E-state index contributed by atoms with van der Waals surface area (Å²) < 4.78 is 25.6.